The summed E-state index contributed by atoms with van der Waals surface area (Å²) in [5, 5.41) is 10.3. The van der Waals surface area contributed by atoms with Gasteiger partial charge in [0.1, 0.15) is 6.04 Å². The normalized spacial score (nSPS) is 20.3. The lowest BCUT2D eigenvalue weighted by molar-refractivity contribution is -0.145. The molecule has 2 unspecified atom stereocenters. The second kappa shape index (κ2) is 7.04. The summed E-state index contributed by atoms with van der Waals surface area (Å²) in [6.07, 6.45) is 2.73. The first-order valence-electron chi connectivity index (χ1n) is 7.86. The topological polar surface area (TPSA) is 40.5 Å². The lowest BCUT2D eigenvalue weighted by atomic mass is 9.95. The van der Waals surface area contributed by atoms with Gasteiger partial charge < -0.3 is 5.11 Å². The van der Waals surface area contributed by atoms with Crippen molar-refractivity contribution in [3.8, 4) is 0 Å². The average molecular weight is 350 g/mol. The molecule has 0 amide bonds. The van der Waals surface area contributed by atoms with Crippen LogP contribution in [-0.4, -0.2) is 28.6 Å². The molecule has 3 nitrogen and oxygen atoms in total. The Balaban J connectivity index is 2.03. The Morgan fingerprint density at radius 1 is 1.26 bits per heavy atom. The molecule has 1 saturated heterocycles. The third-order valence-electron chi connectivity index (χ3n) is 4.38. The molecule has 1 fully saturated rings. The van der Waals surface area contributed by atoms with Gasteiger partial charge in [-0.25, -0.2) is 0 Å². The Hall–Kier alpha value is -1.36. The van der Waals surface area contributed by atoms with Gasteiger partial charge in [-0.3, -0.25) is 9.69 Å². The van der Waals surface area contributed by atoms with Crippen molar-refractivity contribution in [2.75, 3.05) is 6.54 Å². The number of piperidine rings is 1. The van der Waals surface area contributed by atoms with Gasteiger partial charge in [0.25, 0.3) is 0 Å². The van der Waals surface area contributed by atoms with Crippen LogP contribution in [0.15, 0.2) is 36.4 Å². The predicted molar refractivity (Wildman–Crippen MR) is 94.3 cm³/mol. The molecular formula is C18H20ClNO2S. The van der Waals surface area contributed by atoms with Gasteiger partial charge in [0.15, 0.2) is 0 Å². The fourth-order valence-corrected chi connectivity index (χ4v) is 4.45. The maximum absolute atomic E-state index is 11.7. The molecule has 2 atom stereocenters. The highest BCUT2D eigenvalue weighted by molar-refractivity contribution is 7.12. The Morgan fingerprint density at radius 3 is 2.61 bits per heavy atom. The van der Waals surface area contributed by atoms with Crippen LogP contribution in [0.3, 0.4) is 0 Å². The molecule has 23 heavy (non-hydrogen) atoms. The van der Waals surface area contributed by atoms with Gasteiger partial charge in [0, 0.05) is 14.8 Å². The molecule has 0 bridgehead atoms. The van der Waals surface area contributed by atoms with Crippen LogP contribution >= 0.6 is 22.9 Å². The molecule has 1 N–H and O–H groups in total. The van der Waals surface area contributed by atoms with Crippen molar-refractivity contribution in [1.29, 1.82) is 0 Å². The van der Waals surface area contributed by atoms with E-state index < -0.39 is 12.0 Å². The van der Waals surface area contributed by atoms with E-state index >= 15 is 0 Å². The number of hydrogen-bond donors (Lipinski definition) is 1. The number of nitrogens with zero attached hydrogens (tertiary/aromatic N) is 1. The SMILES string of the molecule is Cc1ccc(C(c2ccc(Cl)cc2)N2CCCCC2C(=O)O)s1. The van der Waals surface area contributed by atoms with E-state index in [-0.39, 0.29) is 6.04 Å². The number of carboxylic acids is 1. The molecular weight excluding hydrogens is 330 g/mol. The number of aliphatic carboxylic acids is 1. The fraction of sp³-hybridized carbons (Fsp3) is 0.389. The van der Waals surface area contributed by atoms with Crippen LogP contribution in [0.2, 0.25) is 5.02 Å². The van der Waals surface area contributed by atoms with Gasteiger partial charge in [-0.1, -0.05) is 30.2 Å². The van der Waals surface area contributed by atoms with Crippen LogP contribution in [0, 0.1) is 6.92 Å². The summed E-state index contributed by atoms with van der Waals surface area (Å²) in [7, 11) is 0. The Morgan fingerprint density at radius 2 is 2.00 bits per heavy atom. The summed E-state index contributed by atoms with van der Waals surface area (Å²) in [5.41, 5.74) is 1.10. The number of rotatable bonds is 4. The lowest BCUT2D eigenvalue weighted by Gasteiger charge is -2.39. The highest BCUT2D eigenvalue weighted by Crippen LogP contribution is 2.37. The first kappa shape index (κ1) is 16.5. The second-order valence-electron chi connectivity index (χ2n) is 5.99. The van der Waals surface area contributed by atoms with Gasteiger partial charge in [-0.15, -0.1) is 11.3 Å². The first-order chi connectivity index (χ1) is 11.1. The monoisotopic (exact) mass is 349 g/mol. The van der Waals surface area contributed by atoms with Crippen molar-refractivity contribution in [3.05, 3.63) is 56.7 Å². The minimum absolute atomic E-state index is 0.0210. The molecule has 1 aromatic heterocycles. The van der Waals surface area contributed by atoms with Crippen molar-refractivity contribution in [3.63, 3.8) is 0 Å². The molecule has 0 saturated carbocycles. The summed E-state index contributed by atoms with van der Waals surface area (Å²) in [6.45, 7) is 2.89. The van der Waals surface area contributed by atoms with Gasteiger partial charge in [-0.05, 0) is 56.1 Å². The second-order valence-corrected chi connectivity index (χ2v) is 7.75. The number of aryl methyl sites for hydroxylation is 1. The van der Waals surface area contributed by atoms with Crippen molar-refractivity contribution < 1.29 is 9.90 Å². The molecule has 2 aromatic rings. The highest BCUT2D eigenvalue weighted by Gasteiger charge is 2.35. The van der Waals surface area contributed by atoms with Gasteiger partial charge in [0.05, 0.1) is 6.04 Å². The number of thiophene rings is 1. The van der Waals surface area contributed by atoms with Crippen LogP contribution < -0.4 is 0 Å². The van der Waals surface area contributed by atoms with Crippen LogP contribution in [0.1, 0.15) is 40.6 Å². The zero-order chi connectivity index (χ0) is 16.4. The Kier molecular flexibility index (Phi) is 5.05. The first-order valence-corrected chi connectivity index (χ1v) is 9.06. The van der Waals surface area contributed by atoms with E-state index in [2.05, 4.69) is 24.0 Å². The number of hydrogen-bond acceptors (Lipinski definition) is 3. The molecule has 1 aliphatic heterocycles. The van der Waals surface area contributed by atoms with Crippen molar-refractivity contribution in [2.24, 2.45) is 0 Å². The van der Waals surface area contributed by atoms with Gasteiger partial charge in [0.2, 0.25) is 0 Å². The Labute approximate surface area is 145 Å². The van der Waals surface area contributed by atoms with E-state index in [9.17, 15) is 9.90 Å². The van der Waals surface area contributed by atoms with E-state index in [4.69, 9.17) is 11.6 Å². The molecule has 122 valence electrons. The molecule has 1 aromatic carbocycles. The summed E-state index contributed by atoms with van der Waals surface area (Å²) >= 11 is 7.76. The fourth-order valence-electron chi connectivity index (χ4n) is 3.29. The van der Waals surface area contributed by atoms with Gasteiger partial charge >= 0.3 is 5.97 Å². The van der Waals surface area contributed by atoms with Gasteiger partial charge in [-0.2, -0.15) is 0 Å². The minimum atomic E-state index is -0.725. The highest BCUT2D eigenvalue weighted by atomic mass is 35.5. The summed E-state index contributed by atoms with van der Waals surface area (Å²) in [4.78, 5) is 16.3. The number of halogens is 1. The van der Waals surface area contributed by atoms with Crippen LogP contribution in [0.4, 0.5) is 0 Å². The smallest absolute Gasteiger partial charge is 0.320 e. The van der Waals surface area contributed by atoms with E-state index in [1.165, 1.54) is 9.75 Å². The molecule has 0 aliphatic carbocycles. The summed E-state index contributed by atoms with van der Waals surface area (Å²) in [6, 6.07) is 11.5. The minimum Gasteiger partial charge on any atom is -0.480 e. The van der Waals surface area contributed by atoms with E-state index in [1.807, 2.05) is 24.3 Å². The molecule has 3 rings (SSSR count). The molecule has 0 spiro atoms. The van der Waals surface area contributed by atoms with E-state index in [0.29, 0.717) is 11.4 Å². The predicted octanol–water partition coefficient (Wildman–Crippen LogP) is 4.74. The average Bonchev–Trinajstić information content (AvgIpc) is 2.96. The number of carbonyl (C=O) groups is 1. The number of carboxylic acid groups (broad SMARTS) is 1. The molecule has 5 heteroatoms. The quantitative estimate of drug-likeness (QED) is 0.866. The summed E-state index contributed by atoms with van der Waals surface area (Å²) < 4.78 is 0. The van der Waals surface area contributed by atoms with E-state index in [0.717, 1.165) is 24.9 Å². The summed E-state index contributed by atoms with van der Waals surface area (Å²) in [5.74, 6) is -0.725. The van der Waals surface area contributed by atoms with Crippen molar-refractivity contribution in [2.45, 2.75) is 38.3 Å². The van der Waals surface area contributed by atoms with Crippen molar-refractivity contribution >= 4 is 28.9 Å². The third-order valence-corrected chi connectivity index (χ3v) is 5.68. The maximum atomic E-state index is 11.7. The molecule has 1 aliphatic rings. The lowest BCUT2D eigenvalue weighted by Crippen LogP contribution is -2.46. The van der Waals surface area contributed by atoms with Crippen LogP contribution in [-0.2, 0) is 4.79 Å². The zero-order valence-corrected chi connectivity index (χ0v) is 14.6. The largest absolute Gasteiger partial charge is 0.480 e. The van der Waals surface area contributed by atoms with Crippen LogP contribution in [0.25, 0.3) is 0 Å². The Bertz CT molecular complexity index is 683. The van der Waals surface area contributed by atoms with Crippen LogP contribution in [0.5, 0.6) is 0 Å². The van der Waals surface area contributed by atoms with E-state index in [1.54, 1.807) is 11.3 Å². The third kappa shape index (κ3) is 3.60. The molecule has 2 heterocycles. The number of benzene rings is 1. The standard InChI is InChI=1S/C18H20ClNO2S/c1-12-5-10-16(23-12)17(13-6-8-14(19)9-7-13)20-11-3-2-4-15(20)18(21)22/h5-10,15,17H,2-4,11H2,1H3,(H,21,22). The van der Waals surface area contributed by atoms with Crippen molar-refractivity contribution in [1.82, 2.24) is 4.90 Å². The maximum Gasteiger partial charge on any atom is 0.320 e. The molecule has 0 radical (unpaired) electrons. The number of likely N-dealkylation sites (tertiary alicyclic amines) is 1. The zero-order valence-electron chi connectivity index (χ0n) is 13.0.